The topological polar surface area (TPSA) is 61.0 Å². The second-order valence-corrected chi connectivity index (χ2v) is 6.35. The molecule has 1 unspecified atom stereocenters. The molecule has 0 saturated heterocycles. The number of aryl methyl sites for hydroxylation is 4. The molecule has 1 aromatic carbocycles. The number of ether oxygens (including phenoxy) is 1. The zero-order valence-corrected chi connectivity index (χ0v) is 13.4. The van der Waals surface area contributed by atoms with Gasteiger partial charge >= 0.3 is 0 Å². The monoisotopic (exact) mass is 291 g/mol. The molecule has 0 amide bonds. The van der Waals surface area contributed by atoms with Crippen molar-refractivity contribution in [2.45, 2.75) is 33.6 Å². The van der Waals surface area contributed by atoms with Gasteiger partial charge in [0.05, 0.1) is 12.2 Å². The summed E-state index contributed by atoms with van der Waals surface area (Å²) in [5.41, 5.74) is 12.7. The van der Waals surface area contributed by atoms with E-state index in [1.807, 2.05) is 0 Å². The second-order valence-electron chi connectivity index (χ2n) is 5.05. The van der Waals surface area contributed by atoms with Crippen LogP contribution in [0.15, 0.2) is 12.1 Å². The number of rotatable bonds is 6. The van der Waals surface area contributed by atoms with Gasteiger partial charge in [-0.05, 0) is 56.4 Å². The molecule has 108 valence electrons. The summed E-state index contributed by atoms with van der Waals surface area (Å²) in [6, 6.07) is 4.46. The van der Waals surface area contributed by atoms with Crippen molar-refractivity contribution in [2.75, 3.05) is 13.3 Å². The third-order valence-electron chi connectivity index (χ3n) is 3.45. The molecule has 1 heterocycles. The molecule has 0 spiro atoms. The highest BCUT2D eigenvalue weighted by atomic mass is 31.0. The molecule has 2 aromatic rings. The summed E-state index contributed by atoms with van der Waals surface area (Å²) in [4.78, 5) is 0. The minimum absolute atomic E-state index is 0.290. The fraction of sp³-hybridized carbons (Fsp3) is 0.467. The maximum atomic E-state index is 5.29. The quantitative estimate of drug-likeness (QED) is 0.656. The van der Waals surface area contributed by atoms with Gasteiger partial charge < -0.3 is 10.5 Å². The molecule has 0 fully saturated rings. The van der Waals surface area contributed by atoms with Crippen LogP contribution in [0.1, 0.15) is 28.5 Å². The van der Waals surface area contributed by atoms with Crippen LogP contribution in [-0.4, -0.2) is 23.5 Å². The molecule has 1 atom stereocenters. The van der Waals surface area contributed by atoms with Crippen molar-refractivity contribution < 1.29 is 4.74 Å². The van der Waals surface area contributed by atoms with Crippen molar-refractivity contribution in [1.29, 1.82) is 0 Å². The van der Waals surface area contributed by atoms with E-state index in [4.69, 9.17) is 10.5 Å². The van der Waals surface area contributed by atoms with Crippen molar-refractivity contribution >= 4 is 8.19 Å². The van der Waals surface area contributed by atoms with Gasteiger partial charge in [0.25, 0.3) is 0 Å². The predicted octanol–water partition coefficient (Wildman–Crippen LogP) is 2.97. The SMILES string of the molecule is Cc1cc(C)c(-c2nnc(CCCOCN)[pH]2)cc1C. The number of benzene rings is 1. The second kappa shape index (κ2) is 6.98. The van der Waals surface area contributed by atoms with Crippen LogP contribution in [0.25, 0.3) is 11.0 Å². The molecule has 20 heavy (non-hydrogen) atoms. The predicted molar refractivity (Wildman–Crippen MR) is 84.5 cm³/mol. The Balaban J connectivity index is 2.10. The normalized spacial score (nSPS) is 11.4. The van der Waals surface area contributed by atoms with E-state index in [1.54, 1.807) is 0 Å². The lowest BCUT2D eigenvalue weighted by Crippen LogP contribution is -2.06. The summed E-state index contributed by atoms with van der Waals surface area (Å²) in [5, 5.41) is 8.68. The van der Waals surface area contributed by atoms with Gasteiger partial charge in [-0.15, -0.1) is 5.10 Å². The molecule has 0 aliphatic rings. The Hall–Kier alpha value is -1.22. The summed E-state index contributed by atoms with van der Waals surface area (Å²) in [5.74, 6) is 0. The third-order valence-corrected chi connectivity index (χ3v) is 4.69. The van der Waals surface area contributed by atoms with E-state index in [0.29, 0.717) is 21.5 Å². The number of hydrogen-bond acceptors (Lipinski definition) is 4. The zero-order chi connectivity index (χ0) is 14.5. The number of nitrogens with zero attached hydrogens (tertiary/aromatic N) is 2. The summed E-state index contributed by atoms with van der Waals surface area (Å²) < 4.78 is 5.14. The van der Waals surface area contributed by atoms with E-state index in [0.717, 1.165) is 18.3 Å². The minimum Gasteiger partial charge on any atom is -0.367 e. The Kier molecular flexibility index (Phi) is 5.30. The number of hydrogen-bond donors (Lipinski definition) is 1. The first-order chi connectivity index (χ1) is 9.61. The number of aromatic nitrogens is 2. The maximum absolute atomic E-state index is 5.29. The third kappa shape index (κ3) is 3.66. The highest BCUT2D eigenvalue weighted by Crippen LogP contribution is 2.32. The molecule has 1 aromatic heterocycles. The van der Waals surface area contributed by atoms with Crippen LogP contribution in [-0.2, 0) is 11.2 Å². The van der Waals surface area contributed by atoms with Gasteiger partial charge in [0, 0.05) is 12.2 Å². The molecule has 0 radical (unpaired) electrons. The van der Waals surface area contributed by atoms with Gasteiger partial charge in [-0.1, -0.05) is 14.3 Å². The lowest BCUT2D eigenvalue weighted by molar-refractivity contribution is 0.138. The molecule has 5 heteroatoms. The first kappa shape index (κ1) is 15.2. The van der Waals surface area contributed by atoms with Crippen molar-refractivity contribution in [1.82, 2.24) is 10.2 Å². The average molecular weight is 291 g/mol. The van der Waals surface area contributed by atoms with E-state index in [1.165, 1.54) is 27.7 Å². The standard InChI is InChI=1S/C15H22N3OP/c1-10-7-12(3)13(8-11(10)2)15-18-17-14(20-15)5-4-6-19-9-16/h7-8,20H,4-6,9,16H2,1-3H3. The van der Waals surface area contributed by atoms with E-state index in [2.05, 4.69) is 43.1 Å². The molecule has 0 aliphatic heterocycles. The van der Waals surface area contributed by atoms with Crippen LogP contribution in [0.4, 0.5) is 0 Å². The molecule has 0 saturated carbocycles. The first-order valence-electron chi connectivity index (χ1n) is 6.89. The first-order valence-corrected chi connectivity index (χ1v) is 7.89. The molecule has 2 N–H and O–H groups in total. The van der Waals surface area contributed by atoms with Gasteiger partial charge in [0.1, 0.15) is 5.43 Å². The Morgan fingerprint density at radius 1 is 1.10 bits per heavy atom. The summed E-state index contributed by atoms with van der Waals surface area (Å²) in [6.07, 6.45) is 1.90. The highest BCUT2D eigenvalue weighted by Gasteiger charge is 2.09. The van der Waals surface area contributed by atoms with E-state index >= 15 is 0 Å². The summed E-state index contributed by atoms with van der Waals surface area (Å²) in [7, 11) is 0.583. The molecule has 2 rings (SSSR count). The van der Waals surface area contributed by atoms with Gasteiger partial charge in [0.2, 0.25) is 0 Å². The Labute approximate surface area is 121 Å². The molecular weight excluding hydrogens is 269 g/mol. The van der Waals surface area contributed by atoms with Crippen LogP contribution in [0.2, 0.25) is 0 Å². The van der Waals surface area contributed by atoms with Gasteiger partial charge in [-0.2, -0.15) is 5.10 Å². The maximum Gasteiger partial charge on any atom is 0.111 e. The van der Waals surface area contributed by atoms with Crippen LogP contribution in [0.3, 0.4) is 0 Å². The van der Waals surface area contributed by atoms with Crippen molar-refractivity contribution in [2.24, 2.45) is 5.73 Å². The highest BCUT2D eigenvalue weighted by molar-refractivity contribution is 7.34. The smallest absolute Gasteiger partial charge is 0.111 e. The Morgan fingerprint density at radius 2 is 1.85 bits per heavy atom. The van der Waals surface area contributed by atoms with E-state index in [-0.39, 0.29) is 0 Å². The summed E-state index contributed by atoms with van der Waals surface area (Å²) in [6.45, 7) is 7.41. The lowest BCUT2D eigenvalue weighted by Gasteiger charge is -2.07. The largest absolute Gasteiger partial charge is 0.367 e. The summed E-state index contributed by atoms with van der Waals surface area (Å²) >= 11 is 0. The van der Waals surface area contributed by atoms with Crippen LogP contribution >= 0.6 is 8.19 Å². The molecule has 0 bridgehead atoms. The minimum atomic E-state index is 0.290. The Bertz CT molecular complexity index is 580. The number of nitrogens with two attached hydrogens (primary N) is 1. The lowest BCUT2D eigenvalue weighted by atomic mass is 10.0. The van der Waals surface area contributed by atoms with Gasteiger partial charge in [-0.25, -0.2) is 0 Å². The molecule has 4 nitrogen and oxygen atoms in total. The molecule has 0 aliphatic carbocycles. The Morgan fingerprint density at radius 3 is 2.60 bits per heavy atom. The van der Waals surface area contributed by atoms with E-state index < -0.39 is 0 Å². The fourth-order valence-electron chi connectivity index (χ4n) is 2.17. The van der Waals surface area contributed by atoms with Crippen molar-refractivity contribution in [3.8, 4) is 11.0 Å². The average Bonchev–Trinajstić information content (AvgIpc) is 2.87. The van der Waals surface area contributed by atoms with Crippen LogP contribution < -0.4 is 5.73 Å². The van der Waals surface area contributed by atoms with Crippen molar-refractivity contribution in [3.05, 3.63) is 34.2 Å². The van der Waals surface area contributed by atoms with Crippen molar-refractivity contribution in [3.63, 3.8) is 0 Å². The van der Waals surface area contributed by atoms with Gasteiger partial charge in [0.15, 0.2) is 0 Å². The van der Waals surface area contributed by atoms with Crippen LogP contribution in [0.5, 0.6) is 0 Å². The van der Waals surface area contributed by atoms with Crippen LogP contribution in [0, 0.1) is 20.8 Å². The molecular formula is C15H22N3OP. The fourth-order valence-corrected chi connectivity index (χ4v) is 3.35. The van der Waals surface area contributed by atoms with Gasteiger partial charge in [-0.3, -0.25) is 0 Å². The zero-order valence-electron chi connectivity index (χ0n) is 12.4. The van der Waals surface area contributed by atoms with E-state index in [9.17, 15) is 0 Å².